The van der Waals surface area contributed by atoms with Gasteiger partial charge in [0, 0.05) is 12.1 Å². The largest absolute Gasteiger partial charge is 0.330 e. The fraction of sp³-hybridized carbons (Fsp3) is 0.333. The minimum absolute atomic E-state index is 0.262. The molecule has 1 rings (SSSR count). The number of amides is 2. The molecule has 16 heavy (non-hydrogen) atoms. The van der Waals surface area contributed by atoms with E-state index in [2.05, 4.69) is 0 Å². The molecular formula is C12H16N2O2. The molecule has 0 heterocycles. The lowest BCUT2D eigenvalue weighted by Gasteiger charge is -2.16. The molecule has 1 aromatic rings. The Hall–Kier alpha value is -1.68. The molecule has 0 aliphatic heterocycles. The van der Waals surface area contributed by atoms with Crippen LogP contribution in [0.5, 0.6) is 0 Å². The van der Waals surface area contributed by atoms with E-state index in [1.54, 1.807) is 12.1 Å². The molecule has 0 fully saturated rings. The van der Waals surface area contributed by atoms with Gasteiger partial charge in [-0.2, -0.15) is 0 Å². The molecule has 86 valence electrons. The number of hydrogen-bond donors (Lipinski definition) is 1. The first-order valence-electron chi connectivity index (χ1n) is 5.22. The Bertz CT molecular complexity index is 377. The zero-order valence-electron chi connectivity index (χ0n) is 9.35. The topological polar surface area (TPSA) is 63.4 Å². The van der Waals surface area contributed by atoms with Crippen molar-refractivity contribution < 1.29 is 9.59 Å². The second-order valence-corrected chi connectivity index (χ2v) is 3.56. The number of aryl methyl sites for hydroxylation is 1. The first-order valence-corrected chi connectivity index (χ1v) is 5.22. The normalized spacial score (nSPS) is 9.88. The lowest BCUT2D eigenvalue weighted by molar-refractivity contribution is -0.116. The maximum atomic E-state index is 12.0. The fourth-order valence-corrected chi connectivity index (χ4v) is 1.43. The Morgan fingerprint density at radius 2 is 2.12 bits per heavy atom. The van der Waals surface area contributed by atoms with Crippen molar-refractivity contribution in [2.24, 2.45) is 5.73 Å². The van der Waals surface area contributed by atoms with Gasteiger partial charge in [0.15, 0.2) is 0 Å². The second kappa shape index (κ2) is 6.02. The molecule has 0 aliphatic rings. The van der Waals surface area contributed by atoms with Gasteiger partial charge in [-0.15, -0.1) is 0 Å². The summed E-state index contributed by atoms with van der Waals surface area (Å²) >= 11 is 0. The minimum Gasteiger partial charge on any atom is -0.330 e. The lowest BCUT2D eigenvalue weighted by atomic mass is 10.1. The lowest BCUT2D eigenvalue weighted by Crippen LogP contribution is -2.32. The zero-order chi connectivity index (χ0) is 12.0. The Morgan fingerprint density at radius 1 is 1.44 bits per heavy atom. The molecule has 0 spiro atoms. The highest BCUT2D eigenvalue weighted by molar-refractivity contribution is 6.00. The van der Waals surface area contributed by atoms with Crippen LogP contribution in [0.4, 0.5) is 0 Å². The summed E-state index contributed by atoms with van der Waals surface area (Å²) in [5.74, 6) is -0.262. The maximum absolute atomic E-state index is 12.0. The molecule has 4 heteroatoms. The quantitative estimate of drug-likeness (QED) is 0.751. The van der Waals surface area contributed by atoms with Crippen LogP contribution in [0.3, 0.4) is 0 Å². The average molecular weight is 220 g/mol. The minimum atomic E-state index is -0.262. The van der Waals surface area contributed by atoms with E-state index in [9.17, 15) is 9.59 Å². The summed E-state index contributed by atoms with van der Waals surface area (Å²) in [5, 5.41) is 0. The number of imide groups is 1. The molecule has 0 bridgehead atoms. The summed E-state index contributed by atoms with van der Waals surface area (Å²) in [5.41, 5.74) is 6.78. The molecule has 0 unspecified atom stereocenters. The van der Waals surface area contributed by atoms with Crippen LogP contribution in [0.25, 0.3) is 0 Å². The number of hydrogen-bond acceptors (Lipinski definition) is 3. The van der Waals surface area contributed by atoms with Crippen LogP contribution in [-0.4, -0.2) is 30.3 Å². The van der Waals surface area contributed by atoms with Crippen molar-refractivity contribution in [3.63, 3.8) is 0 Å². The summed E-state index contributed by atoms with van der Waals surface area (Å²) in [6, 6.07) is 7.21. The Labute approximate surface area is 95.0 Å². The van der Waals surface area contributed by atoms with Crippen LogP contribution < -0.4 is 5.73 Å². The van der Waals surface area contributed by atoms with Crippen molar-refractivity contribution in [1.82, 2.24) is 4.90 Å². The Morgan fingerprint density at radius 3 is 2.69 bits per heavy atom. The third-order valence-electron chi connectivity index (χ3n) is 2.37. The number of carbonyl (C=O) groups excluding carboxylic acids is 2. The van der Waals surface area contributed by atoms with Crippen molar-refractivity contribution in [2.45, 2.75) is 13.3 Å². The van der Waals surface area contributed by atoms with Crippen LogP contribution >= 0.6 is 0 Å². The van der Waals surface area contributed by atoms with Gasteiger partial charge in [0.1, 0.15) is 0 Å². The zero-order valence-corrected chi connectivity index (χ0v) is 9.35. The Kier molecular flexibility index (Phi) is 4.66. The number of benzene rings is 1. The van der Waals surface area contributed by atoms with Crippen LogP contribution in [0.2, 0.25) is 0 Å². The van der Waals surface area contributed by atoms with E-state index in [0.717, 1.165) is 10.5 Å². The number of nitrogens with two attached hydrogens (primary N) is 1. The van der Waals surface area contributed by atoms with Crippen LogP contribution in [-0.2, 0) is 4.79 Å². The van der Waals surface area contributed by atoms with E-state index in [0.29, 0.717) is 31.5 Å². The fourth-order valence-electron chi connectivity index (χ4n) is 1.43. The van der Waals surface area contributed by atoms with Gasteiger partial charge in [-0.05, 0) is 31.5 Å². The highest BCUT2D eigenvalue weighted by Crippen LogP contribution is 2.09. The average Bonchev–Trinajstić information content (AvgIpc) is 2.30. The molecular weight excluding hydrogens is 204 g/mol. The molecule has 2 N–H and O–H groups in total. The smallest absolute Gasteiger partial charge is 0.260 e. The van der Waals surface area contributed by atoms with Gasteiger partial charge in [-0.25, -0.2) is 0 Å². The summed E-state index contributed by atoms with van der Waals surface area (Å²) in [4.78, 5) is 23.9. The van der Waals surface area contributed by atoms with Gasteiger partial charge in [-0.1, -0.05) is 18.2 Å². The van der Waals surface area contributed by atoms with Crippen molar-refractivity contribution in [1.29, 1.82) is 0 Å². The summed E-state index contributed by atoms with van der Waals surface area (Å²) in [6.07, 6.45) is 1.18. The molecule has 0 saturated carbocycles. The summed E-state index contributed by atoms with van der Waals surface area (Å²) in [6.45, 7) is 2.68. The van der Waals surface area contributed by atoms with Crippen molar-refractivity contribution in [2.75, 3.05) is 13.1 Å². The molecule has 0 aromatic heterocycles. The van der Waals surface area contributed by atoms with E-state index < -0.39 is 0 Å². The van der Waals surface area contributed by atoms with E-state index in [4.69, 9.17) is 5.73 Å². The van der Waals surface area contributed by atoms with Gasteiger partial charge in [0.05, 0.1) is 0 Å². The number of carbonyl (C=O) groups is 2. The van der Waals surface area contributed by atoms with E-state index in [1.807, 2.05) is 19.1 Å². The molecule has 0 radical (unpaired) electrons. The predicted molar refractivity (Wildman–Crippen MR) is 62.0 cm³/mol. The molecule has 4 nitrogen and oxygen atoms in total. The standard InChI is InChI=1S/C12H16N2O2/c1-10-5-2-3-6-11(10)12(16)14(9-15)8-4-7-13/h2-3,5-6,9H,4,7-8,13H2,1H3. The maximum Gasteiger partial charge on any atom is 0.260 e. The van der Waals surface area contributed by atoms with Crippen molar-refractivity contribution >= 4 is 12.3 Å². The molecule has 2 amide bonds. The number of rotatable bonds is 5. The third kappa shape index (κ3) is 2.90. The first-order chi connectivity index (χ1) is 7.70. The van der Waals surface area contributed by atoms with E-state index in [-0.39, 0.29) is 5.91 Å². The summed E-state index contributed by atoms with van der Waals surface area (Å²) in [7, 11) is 0. The van der Waals surface area contributed by atoms with Crippen LogP contribution in [0.1, 0.15) is 22.3 Å². The van der Waals surface area contributed by atoms with Crippen LogP contribution in [0.15, 0.2) is 24.3 Å². The van der Waals surface area contributed by atoms with E-state index >= 15 is 0 Å². The molecule has 0 atom stereocenters. The van der Waals surface area contributed by atoms with Gasteiger partial charge in [0.2, 0.25) is 6.41 Å². The first kappa shape index (κ1) is 12.4. The molecule has 0 saturated heterocycles. The Balaban J connectivity index is 2.83. The highest BCUT2D eigenvalue weighted by atomic mass is 16.2. The monoisotopic (exact) mass is 220 g/mol. The van der Waals surface area contributed by atoms with Gasteiger partial charge in [-0.3, -0.25) is 14.5 Å². The van der Waals surface area contributed by atoms with E-state index in [1.165, 1.54) is 0 Å². The van der Waals surface area contributed by atoms with Gasteiger partial charge in [0.25, 0.3) is 5.91 Å². The van der Waals surface area contributed by atoms with Crippen molar-refractivity contribution in [3.05, 3.63) is 35.4 Å². The molecule has 1 aromatic carbocycles. The molecule has 0 aliphatic carbocycles. The third-order valence-corrected chi connectivity index (χ3v) is 2.37. The second-order valence-electron chi connectivity index (χ2n) is 3.56. The number of nitrogens with zero attached hydrogens (tertiary/aromatic N) is 1. The van der Waals surface area contributed by atoms with Crippen LogP contribution in [0, 0.1) is 6.92 Å². The van der Waals surface area contributed by atoms with Crippen molar-refractivity contribution in [3.8, 4) is 0 Å². The van der Waals surface area contributed by atoms with Gasteiger partial charge < -0.3 is 5.73 Å². The van der Waals surface area contributed by atoms with Gasteiger partial charge >= 0.3 is 0 Å². The summed E-state index contributed by atoms with van der Waals surface area (Å²) < 4.78 is 0. The SMILES string of the molecule is Cc1ccccc1C(=O)N(C=O)CCCN. The predicted octanol–water partition coefficient (Wildman–Crippen LogP) is 0.942. The highest BCUT2D eigenvalue weighted by Gasteiger charge is 2.15.